The highest BCUT2D eigenvalue weighted by molar-refractivity contribution is 6.31. The van der Waals surface area contributed by atoms with Crippen molar-refractivity contribution in [2.45, 2.75) is 6.42 Å². The SMILES string of the molecule is Fc1cccc(CCNc2nc(Cl)nc(Cl)n2)c1. The predicted octanol–water partition coefficient (Wildman–Crippen LogP) is 2.97. The van der Waals surface area contributed by atoms with Gasteiger partial charge in [0.1, 0.15) is 5.82 Å². The van der Waals surface area contributed by atoms with Crippen molar-refractivity contribution in [3.05, 3.63) is 46.2 Å². The third kappa shape index (κ3) is 3.78. The van der Waals surface area contributed by atoms with Crippen LogP contribution in [0, 0.1) is 5.82 Å². The van der Waals surface area contributed by atoms with Gasteiger partial charge in [-0.05, 0) is 47.3 Å². The first kappa shape index (κ1) is 13.0. The number of aromatic nitrogens is 3. The quantitative estimate of drug-likeness (QED) is 0.939. The molecule has 1 heterocycles. The first-order valence-corrected chi connectivity index (χ1v) is 5.94. The lowest BCUT2D eigenvalue weighted by Gasteiger charge is -2.05. The first-order valence-electron chi connectivity index (χ1n) is 5.19. The molecule has 0 spiro atoms. The van der Waals surface area contributed by atoms with Gasteiger partial charge in [0, 0.05) is 6.54 Å². The van der Waals surface area contributed by atoms with E-state index in [0.29, 0.717) is 18.9 Å². The van der Waals surface area contributed by atoms with Crippen LogP contribution in [0.4, 0.5) is 10.3 Å². The summed E-state index contributed by atoms with van der Waals surface area (Å²) >= 11 is 11.3. The molecule has 0 saturated heterocycles. The van der Waals surface area contributed by atoms with Gasteiger partial charge in [0.25, 0.3) is 0 Å². The summed E-state index contributed by atoms with van der Waals surface area (Å²) in [6.45, 7) is 0.542. The summed E-state index contributed by atoms with van der Waals surface area (Å²) in [5.74, 6) is 0.0511. The Balaban J connectivity index is 1.92. The molecule has 0 radical (unpaired) electrons. The average molecular weight is 287 g/mol. The second-order valence-corrected chi connectivity index (χ2v) is 4.18. The molecule has 0 atom stereocenters. The molecule has 1 N–H and O–H groups in total. The van der Waals surface area contributed by atoms with Crippen LogP contribution in [0.1, 0.15) is 5.56 Å². The van der Waals surface area contributed by atoms with Crippen molar-refractivity contribution in [1.29, 1.82) is 0 Å². The molecule has 0 aliphatic rings. The van der Waals surface area contributed by atoms with Gasteiger partial charge in [-0.25, -0.2) is 4.39 Å². The third-order valence-electron chi connectivity index (χ3n) is 2.17. The lowest BCUT2D eigenvalue weighted by molar-refractivity contribution is 0.625. The van der Waals surface area contributed by atoms with Crippen molar-refractivity contribution in [1.82, 2.24) is 15.0 Å². The van der Waals surface area contributed by atoms with Gasteiger partial charge in [0.15, 0.2) is 0 Å². The largest absolute Gasteiger partial charge is 0.354 e. The minimum absolute atomic E-state index is 0.0308. The molecule has 94 valence electrons. The molecule has 0 unspecified atom stereocenters. The van der Waals surface area contributed by atoms with Crippen LogP contribution < -0.4 is 5.32 Å². The molecule has 7 heteroatoms. The molecule has 0 fully saturated rings. The molecule has 0 aliphatic heterocycles. The van der Waals surface area contributed by atoms with Crippen LogP contribution >= 0.6 is 23.2 Å². The fourth-order valence-corrected chi connectivity index (χ4v) is 1.78. The smallest absolute Gasteiger partial charge is 0.228 e. The number of hydrogen-bond donors (Lipinski definition) is 1. The summed E-state index contributed by atoms with van der Waals surface area (Å²) in [6, 6.07) is 6.40. The van der Waals surface area contributed by atoms with E-state index in [9.17, 15) is 4.39 Å². The lowest BCUT2D eigenvalue weighted by atomic mass is 10.1. The summed E-state index contributed by atoms with van der Waals surface area (Å²) in [5.41, 5.74) is 0.883. The van der Waals surface area contributed by atoms with Crippen LogP contribution in [-0.2, 0) is 6.42 Å². The summed E-state index contributed by atoms with van der Waals surface area (Å²) in [6.07, 6.45) is 0.638. The Morgan fingerprint density at radius 1 is 1.11 bits per heavy atom. The van der Waals surface area contributed by atoms with Crippen molar-refractivity contribution >= 4 is 29.2 Å². The number of rotatable bonds is 4. The van der Waals surface area contributed by atoms with Gasteiger partial charge in [-0.1, -0.05) is 12.1 Å². The standard InChI is InChI=1S/C11H9Cl2FN4/c12-9-16-10(13)18-11(17-9)15-5-4-7-2-1-3-8(14)6-7/h1-3,6H,4-5H2,(H,15,16,17,18). The van der Waals surface area contributed by atoms with E-state index in [4.69, 9.17) is 23.2 Å². The van der Waals surface area contributed by atoms with Crippen LogP contribution in [0.2, 0.25) is 10.6 Å². The summed E-state index contributed by atoms with van der Waals surface area (Å²) < 4.78 is 12.9. The Kier molecular flexibility index (Phi) is 4.28. The highest BCUT2D eigenvalue weighted by atomic mass is 35.5. The van der Waals surface area contributed by atoms with E-state index < -0.39 is 0 Å². The van der Waals surface area contributed by atoms with Crippen molar-refractivity contribution < 1.29 is 4.39 Å². The molecule has 4 nitrogen and oxygen atoms in total. The Bertz CT molecular complexity index is 530. The van der Waals surface area contributed by atoms with Gasteiger partial charge in [-0.15, -0.1) is 0 Å². The monoisotopic (exact) mass is 286 g/mol. The minimum atomic E-state index is -0.251. The zero-order valence-electron chi connectivity index (χ0n) is 9.20. The van der Waals surface area contributed by atoms with Crippen LogP contribution in [-0.4, -0.2) is 21.5 Å². The van der Waals surface area contributed by atoms with Crippen LogP contribution in [0.3, 0.4) is 0 Å². The molecule has 0 saturated carbocycles. The molecule has 2 rings (SSSR count). The molecule has 18 heavy (non-hydrogen) atoms. The lowest BCUT2D eigenvalue weighted by Crippen LogP contribution is -2.08. The van der Waals surface area contributed by atoms with Gasteiger partial charge in [0.05, 0.1) is 0 Å². The number of anilines is 1. The van der Waals surface area contributed by atoms with Crippen LogP contribution in [0.5, 0.6) is 0 Å². The summed E-state index contributed by atoms with van der Waals surface area (Å²) in [7, 11) is 0. The average Bonchev–Trinajstić information content (AvgIpc) is 2.27. The molecule has 1 aromatic heterocycles. The predicted molar refractivity (Wildman–Crippen MR) is 68.4 cm³/mol. The second-order valence-electron chi connectivity index (χ2n) is 3.50. The molecule has 0 amide bonds. The summed E-state index contributed by atoms with van der Waals surface area (Å²) in [4.78, 5) is 11.3. The maximum absolute atomic E-state index is 12.9. The Morgan fingerprint density at radius 2 is 1.83 bits per heavy atom. The van der Waals surface area contributed by atoms with Crippen molar-refractivity contribution in [2.24, 2.45) is 0 Å². The van der Waals surface area contributed by atoms with E-state index in [1.54, 1.807) is 6.07 Å². The van der Waals surface area contributed by atoms with Crippen molar-refractivity contribution in [3.63, 3.8) is 0 Å². The van der Waals surface area contributed by atoms with E-state index in [2.05, 4.69) is 20.3 Å². The third-order valence-corrected chi connectivity index (χ3v) is 2.50. The van der Waals surface area contributed by atoms with E-state index in [1.165, 1.54) is 12.1 Å². The van der Waals surface area contributed by atoms with Crippen molar-refractivity contribution in [3.8, 4) is 0 Å². The van der Waals surface area contributed by atoms with E-state index in [1.807, 2.05) is 6.07 Å². The molecule has 1 aromatic carbocycles. The van der Waals surface area contributed by atoms with Gasteiger partial charge >= 0.3 is 0 Å². The maximum Gasteiger partial charge on any atom is 0.228 e. The van der Waals surface area contributed by atoms with Gasteiger partial charge in [-0.2, -0.15) is 15.0 Å². The van der Waals surface area contributed by atoms with Gasteiger partial charge in [0.2, 0.25) is 16.5 Å². The fourth-order valence-electron chi connectivity index (χ4n) is 1.42. The topological polar surface area (TPSA) is 50.7 Å². The molecular formula is C11H9Cl2FN4. The first-order chi connectivity index (χ1) is 8.63. The highest BCUT2D eigenvalue weighted by Crippen LogP contribution is 2.10. The van der Waals surface area contributed by atoms with E-state index >= 15 is 0 Å². The second kappa shape index (κ2) is 5.93. The molecule has 2 aromatic rings. The summed E-state index contributed by atoms with van der Waals surface area (Å²) in [5, 5.41) is 3.00. The number of benzene rings is 1. The Morgan fingerprint density at radius 3 is 2.50 bits per heavy atom. The zero-order valence-corrected chi connectivity index (χ0v) is 10.7. The van der Waals surface area contributed by atoms with E-state index in [-0.39, 0.29) is 16.4 Å². The number of hydrogen-bond acceptors (Lipinski definition) is 4. The van der Waals surface area contributed by atoms with E-state index in [0.717, 1.165) is 5.56 Å². The number of nitrogens with zero attached hydrogens (tertiary/aromatic N) is 3. The van der Waals surface area contributed by atoms with Crippen LogP contribution in [0.15, 0.2) is 24.3 Å². The normalized spacial score (nSPS) is 10.4. The maximum atomic E-state index is 12.9. The number of halogens is 3. The molecular weight excluding hydrogens is 278 g/mol. The van der Waals surface area contributed by atoms with Crippen molar-refractivity contribution in [2.75, 3.05) is 11.9 Å². The van der Waals surface area contributed by atoms with Gasteiger partial charge < -0.3 is 5.32 Å². The molecule has 0 aliphatic carbocycles. The van der Waals surface area contributed by atoms with Gasteiger partial charge in [-0.3, -0.25) is 0 Å². The van der Waals surface area contributed by atoms with Crippen LogP contribution in [0.25, 0.3) is 0 Å². The number of nitrogens with one attached hydrogen (secondary N) is 1. The molecule has 0 bridgehead atoms. The highest BCUT2D eigenvalue weighted by Gasteiger charge is 2.02. The minimum Gasteiger partial charge on any atom is -0.354 e. The fraction of sp³-hybridized carbons (Fsp3) is 0.182. The Labute approximate surface area is 113 Å². The Hall–Kier alpha value is -1.46. The zero-order chi connectivity index (χ0) is 13.0.